The van der Waals surface area contributed by atoms with Crippen LogP contribution >= 0.6 is 11.6 Å². The molecular weight excluding hydrogens is 366 g/mol. The molecule has 2 fully saturated rings. The number of aryl methyl sites for hydroxylation is 1. The molecule has 0 N–H and O–H groups in total. The second-order valence-electron chi connectivity index (χ2n) is 7.31. The number of ether oxygens (including phenoxy) is 1. The van der Waals surface area contributed by atoms with E-state index in [0.717, 1.165) is 23.8 Å². The van der Waals surface area contributed by atoms with Crippen LogP contribution in [0.4, 0.5) is 5.69 Å². The fourth-order valence-corrected chi connectivity index (χ4v) is 4.05. The van der Waals surface area contributed by atoms with E-state index in [4.69, 9.17) is 16.3 Å². The van der Waals surface area contributed by atoms with E-state index in [1.165, 1.54) is 5.56 Å². The first kappa shape index (κ1) is 20.0. The van der Waals surface area contributed by atoms with E-state index < -0.39 is 0 Å². The number of carbonyl (C=O) groups excluding carboxylic acids is 2. The van der Waals surface area contributed by atoms with Crippen LogP contribution in [0.2, 0.25) is 5.02 Å². The molecule has 6 nitrogen and oxygen atoms in total. The van der Waals surface area contributed by atoms with Crippen molar-refractivity contribution in [1.29, 1.82) is 0 Å². The highest BCUT2D eigenvalue weighted by molar-refractivity contribution is 6.30. The van der Waals surface area contributed by atoms with Crippen molar-refractivity contribution in [3.05, 3.63) is 28.8 Å². The maximum Gasteiger partial charge on any atom is 0.227 e. The molecule has 2 amide bonds. The zero-order valence-electron chi connectivity index (χ0n) is 16.1. The topological polar surface area (TPSA) is 53.1 Å². The van der Waals surface area contributed by atoms with Gasteiger partial charge in [-0.2, -0.15) is 0 Å². The zero-order chi connectivity index (χ0) is 19.4. The van der Waals surface area contributed by atoms with E-state index >= 15 is 0 Å². The number of halogens is 1. The molecule has 2 heterocycles. The minimum atomic E-state index is -0.0981. The molecule has 7 heteroatoms. The maximum absolute atomic E-state index is 13.0. The smallest absolute Gasteiger partial charge is 0.227 e. The number of benzene rings is 1. The second kappa shape index (κ2) is 8.93. The molecule has 148 valence electrons. The normalized spacial score (nSPS) is 20.9. The van der Waals surface area contributed by atoms with Gasteiger partial charge in [-0.1, -0.05) is 17.7 Å². The molecule has 0 spiro atoms. The quantitative estimate of drug-likeness (QED) is 0.769. The van der Waals surface area contributed by atoms with Gasteiger partial charge in [0.1, 0.15) is 0 Å². The van der Waals surface area contributed by atoms with Gasteiger partial charge >= 0.3 is 0 Å². The van der Waals surface area contributed by atoms with Crippen LogP contribution in [0.15, 0.2) is 18.2 Å². The van der Waals surface area contributed by atoms with Crippen LogP contribution in [0.3, 0.4) is 0 Å². The molecule has 1 atom stereocenters. The first-order valence-corrected chi connectivity index (χ1v) is 9.94. The Kier molecular flexibility index (Phi) is 6.60. The van der Waals surface area contributed by atoms with Crippen molar-refractivity contribution in [2.75, 3.05) is 57.9 Å². The number of rotatable bonds is 5. The van der Waals surface area contributed by atoms with Gasteiger partial charge in [-0.05, 0) is 31.0 Å². The summed E-state index contributed by atoms with van der Waals surface area (Å²) in [6.45, 7) is 6.65. The van der Waals surface area contributed by atoms with Crippen LogP contribution in [-0.4, -0.2) is 74.6 Å². The van der Waals surface area contributed by atoms with Crippen molar-refractivity contribution in [2.24, 2.45) is 5.92 Å². The summed E-state index contributed by atoms with van der Waals surface area (Å²) in [6, 6.07) is 5.93. The average Bonchev–Trinajstić information content (AvgIpc) is 2.69. The summed E-state index contributed by atoms with van der Waals surface area (Å²) in [4.78, 5) is 31.0. The van der Waals surface area contributed by atoms with Crippen molar-refractivity contribution < 1.29 is 14.3 Å². The van der Waals surface area contributed by atoms with Gasteiger partial charge < -0.3 is 19.4 Å². The first-order chi connectivity index (χ1) is 13.0. The summed E-state index contributed by atoms with van der Waals surface area (Å²) >= 11 is 6.15. The summed E-state index contributed by atoms with van der Waals surface area (Å²) in [6.07, 6.45) is 1.09. The van der Waals surface area contributed by atoms with Crippen molar-refractivity contribution in [2.45, 2.75) is 19.8 Å². The van der Waals surface area contributed by atoms with Crippen molar-refractivity contribution in [3.8, 4) is 0 Å². The highest BCUT2D eigenvalue weighted by Gasteiger charge is 2.33. The Morgan fingerprint density at radius 1 is 1.26 bits per heavy atom. The van der Waals surface area contributed by atoms with Crippen LogP contribution < -0.4 is 4.90 Å². The number of piperidine rings is 1. The molecule has 0 saturated carbocycles. The fraction of sp³-hybridized carbons (Fsp3) is 0.600. The Morgan fingerprint density at radius 3 is 2.70 bits per heavy atom. The lowest BCUT2D eigenvalue weighted by Crippen LogP contribution is -2.53. The van der Waals surface area contributed by atoms with Gasteiger partial charge in [0.2, 0.25) is 11.8 Å². The molecule has 0 aromatic heterocycles. The summed E-state index contributed by atoms with van der Waals surface area (Å²) in [7, 11) is 1.62. The molecule has 1 aromatic rings. The number of piperazine rings is 1. The number of hydrogen-bond donors (Lipinski definition) is 0. The molecule has 2 aliphatic heterocycles. The molecule has 0 bridgehead atoms. The molecule has 0 radical (unpaired) electrons. The second-order valence-corrected chi connectivity index (χ2v) is 7.75. The third-order valence-corrected chi connectivity index (χ3v) is 5.75. The molecule has 2 saturated heterocycles. The van der Waals surface area contributed by atoms with Crippen LogP contribution in [-0.2, 0) is 14.3 Å². The SMILES string of the molecule is COCCN1CC(C(=O)N2CCN(c3cc(Cl)ccc3C)CC2)CCC1=O. The van der Waals surface area contributed by atoms with Crippen LogP contribution in [0.5, 0.6) is 0 Å². The fourth-order valence-electron chi connectivity index (χ4n) is 3.88. The van der Waals surface area contributed by atoms with Crippen LogP contribution in [0.1, 0.15) is 18.4 Å². The molecule has 2 aliphatic rings. The molecule has 1 unspecified atom stereocenters. The van der Waals surface area contributed by atoms with E-state index in [2.05, 4.69) is 11.8 Å². The van der Waals surface area contributed by atoms with Crippen LogP contribution in [0, 0.1) is 12.8 Å². The van der Waals surface area contributed by atoms with Gasteiger partial charge in [0.05, 0.1) is 12.5 Å². The zero-order valence-corrected chi connectivity index (χ0v) is 16.9. The van der Waals surface area contributed by atoms with Crippen molar-refractivity contribution >= 4 is 29.1 Å². The average molecular weight is 394 g/mol. The highest BCUT2D eigenvalue weighted by atomic mass is 35.5. The lowest BCUT2D eigenvalue weighted by Gasteiger charge is -2.40. The summed E-state index contributed by atoms with van der Waals surface area (Å²) in [5.41, 5.74) is 2.34. The molecule has 1 aromatic carbocycles. The third-order valence-electron chi connectivity index (χ3n) is 5.52. The number of hydrogen-bond acceptors (Lipinski definition) is 4. The minimum absolute atomic E-state index is 0.0981. The third kappa shape index (κ3) is 4.74. The first-order valence-electron chi connectivity index (χ1n) is 9.56. The maximum atomic E-state index is 13.0. The molecule has 27 heavy (non-hydrogen) atoms. The van der Waals surface area contributed by atoms with Gasteiger partial charge in [0, 0.05) is 63.5 Å². The number of anilines is 1. The summed E-state index contributed by atoms with van der Waals surface area (Å²) < 4.78 is 5.07. The molecule has 3 rings (SSSR count). The largest absolute Gasteiger partial charge is 0.383 e. The summed E-state index contributed by atoms with van der Waals surface area (Å²) in [5.74, 6) is 0.198. The van der Waals surface area contributed by atoms with Gasteiger partial charge in [-0.25, -0.2) is 0 Å². The van der Waals surface area contributed by atoms with Gasteiger partial charge in [0.25, 0.3) is 0 Å². The standard InChI is InChI=1S/C20H28ClN3O3/c1-15-3-5-17(21)13-18(15)22-7-9-23(10-8-22)20(26)16-4-6-19(25)24(14-16)11-12-27-2/h3,5,13,16H,4,6-12,14H2,1-2H3. The Hall–Kier alpha value is -1.79. The van der Waals surface area contributed by atoms with Gasteiger partial charge in [-0.15, -0.1) is 0 Å². The number of likely N-dealkylation sites (tertiary alicyclic amines) is 1. The Morgan fingerprint density at radius 2 is 2.00 bits per heavy atom. The Bertz CT molecular complexity index is 689. The Balaban J connectivity index is 1.56. The lowest BCUT2D eigenvalue weighted by atomic mass is 9.95. The lowest BCUT2D eigenvalue weighted by molar-refractivity contribution is -0.143. The number of nitrogens with zero attached hydrogens (tertiary/aromatic N) is 3. The molecule has 0 aliphatic carbocycles. The minimum Gasteiger partial charge on any atom is -0.383 e. The predicted octanol–water partition coefficient (Wildman–Crippen LogP) is 2.18. The van der Waals surface area contributed by atoms with Crippen molar-refractivity contribution in [3.63, 3.8) is 0 Å². The number of carbonyl (C=O) groups is 2. The van der Waals surface area contributed by atoms with Crippen molar-refractivity contribution in [1.82, 2.24) is 9.80 Å². The number of methoxy groups -OCH3 is 1. The van der Waals surface area contributed by atoms with Gasteiger partial charge in [-0.3, -0.25) is 9.59 Å². The monoisotopic (exact) mass is 393 g/mol. The molecular formula is C20H28ClN3O3. The van der Waals surface area contributed by atoms with Crippen LogP contribution in [0.25, 0.3) is 0 Å². The number of amides is 2. The Labute approximate surface area is 166 Å². The van der Waals surface area contributed by atoms with E-state index in [9.17, 15) is 9.59 Å². The van der Waals surface area contributed by atoms with E-state index in [1.807, 2.05) is 23.1 Å². The predicted molar refractivity (Wildman–Crippen MR) is 106 cm³/mol. The van der Waals surface area contributed by atoms with E-state index in [1.54, 1.807) is 12.0 Å². The summed E-state index contributed by atoms with van der Waals surface area (Å²) in [5, 5.41) is 0.733. The van der Waals surface area contributed by atoms with E-state index in [-0.39, 0.29) is 17.7 Å². The van der Waals surface area contributed by atoms with Gasteiger partial charge in [0.15, 0.2) is 0 Å². The highest BCUT2D eigenvalue weighted by Crippen LogP contribution is 2.26. The van der Waals surface area contributed by atoms with E-state index in [0.29, 0.717) is 45.6 Å².